The Bertz CT molecular complexity index is 931. The van der Waals surface area contributed by atoms with Crippen molar-refractivity contribution < 1.29 is 14.3 Å². The van der Waals surface area contributed by atoms with E-state index in [-0.39, 0.29) is 5.91 Å². The lowest BCUT2D eigenvalue weighted by atomic mass is 10.2. The molecule has 0 aromatic heterocycles. The fourth-order valence-electron chi connectivity index (χ4n) is 2.36. The molecule has 1 amide bonds. The second kappa shape index (κ2) is 8.97. The van der Waals surface area contributed by atoms with Crippen LogP contribution in [0.4, 0.5) is 0 Å². The van der Waals surface area contributed by atoms with Crippen molar-refractivity contribution in [2.24, 2.45) is 0 Å². The fraction of sp³-hybridized carbons (Fsp3) is 0.158. The Hall–Kier alpha value is -1.73. The van der Waals surface area contributed by atoms with E-state index in [9.17, 15) is 4.79 Å². The number of carbonyl (C=O) groups excluding carboxylic acids is 1. The Morgan fingerprint density at radius 3 is 2.59 bits per heavy atom. The third kappa shape index (κ3) is 5.17. The van der Waals surface area contributed by atoms with Gasteiger partial charge in [0.05, 0.1) is 21.6 Å². The van der Waals surface area contributed by atoms with Crippen molar-refractivity contribution >= 4 is 63.5 Å². The lowest BCUT2D eigenvalue weighted by Gasteiger charge is -2.13. The molecular formula is C19H15Cl2NO3S2. The average molecular weight is 440 g/mol. The summed E-state index contributed by atoms with van der Waals surface area (Å²) in [6.07, 6.45) is 1.77. The summed E-state index contributed by atoms with van der Waals surface area (Å²) in [5.41, 5.74) is 1.72. The molecule has 8 heteroatoms. The highest BCUT2D eigenvalue weighted by Gasteiger charge is 2.22. The van der Waals surface area contributed by atoms with E-state index in [0.29, 0.717) is 44.0 Å². The topological polar surface area (TPSA) is 47.6 Å². The zero-order chi connectivity index (χ0) is 19.4. The van der Waals surface area contributed by atoms with Crippen LogP contribution in [0.2, 0.25) is 10.0 Å². The van der Waals surface area contributed by atoms with E-state index in [4.69, 9.17) is 44.9 Å². The molecule has 0 bridgehead atoms. The van der Waals surface area contributed by atoms with Crippen LogP contribution in [0.15, 0.2) is 41.3 Å². The average Bonchev–Trinajstić information content (AvgIpc) is 2.94. The summed E-state index contributed by atoms with van der Waals surface area (Å²) < 4.78 is 12.0. The Morgan fingerprint density at radius 1 is 1.11 bits per heavy atom. The van der Waals surface area contributed by atoms with Crippen LogP contribution in [0.1, 0.15) is 18.1 Å². The Balaban J connectivity index is 1.79. The summed E-state index contributed by atoms with van der Waals surface area (Å²) in [4.78, 5) is 12.4. The first-order chi connectivity index (χ1) is 13.0. The van der Waals surface area contributed by atoms with Crippen molar-refractivity contribution in [1.82, 2.24) is 5.32 Å². The lowest BCUT2D eigenvalue weighted by molar-refractivity contribution is -0.115. The minimum Gasteiger partial charge on any atom is -0.490 e. The van der Waals surface area contributed by atoms with Crippen molar-refractivity contribution in [2.45, 2.75) is 13.5 Å². The zero-order valence-electron chi connectivity index (χ0n) is 14.3. The SMILES string of the molecule is CCOc1cc(C=C2SC(=S)NC2=O)ccc1OCc1ccc(Cl)c(Cl)c1. The van der Waals surface area contributed by atoms with Gasteiger partial charge in [0.1, 0.15) is 10.9 Å². The Morgan fingerprint density at radius 2 is 1.93 bits per heavy atom. The van der Waals surface area contributed by atoms with Gasteiger partial charge < -0.3 is 14.8 Å². The molecule has 1 heterocycles. The molecule has 1 saturated heterocycles. The number of hydrogen-bond acceptors (Lipinski definition) is 5. The molecule has 0 saturated carbocycles. The molecule has 140 valence electrons. The fourth-order valence-corrected chi connectivity index (χ4v) is 3.73. The minimum absolute atomic E-state index is 0.192. The van der Waals surface area contributed by atoms with E-state index in [1.807, 2.05) is 31.2 Å². The van der Waals surface area contributed by atoms with E-state index in [0.717, 1.165) is 11.1 Å². The highest BCUT2D eigenvalue weighted by atomic mass is 35.5. The van der Waals surface area contributed by atoms with Crippen LogP contribution < -0.4 is 14.8 Å². The molecule has 0 unspecified atom stereocenters. The van der Waals surface area contributed by atoms with Gasteiger partial charge in [-0.3, -0.25) is 4.79 Å². The van der Waals surface area contributed by atoms with Gasteiger partial charge in [-0.2, -0.15) is 0 Å². The molecule has 1 fully saturated rings. The maximum atomic E-state index is 11.8. The maximum Gasteiger partial charge on any atom is 0.263 e. The van der Waals surface area contributed by atoms with Gasteiger partial charge >= 0.3 is 0 Å². The summed E-state index contributed by atoms with van der Waals surface area (Å²) in [6.45, 7) is 2.71. The quantitative estimate of drug-likeness (QED) is 0.478. The van der Waals surface area contributed by atoms with Crippen molar-refractivity contribution in [1.29, 1.82) is 0 Å². The summed E-state index contributed by atoms with van der Waals surface area (Å²) >= 11 is 18.2. The minimum atomic E-state index is -0.192. The van der Waals surface area contributed by atoms with Crippen LogP contribution in [0, 0.1) is 0 Å². The molecular weight excluding hydrogens is 425 g/mol. The summed E-state index contributed by atoms with van der Waals surface area (Å²) in [6, 6.07) is 10.8. The predicted molar refractivity (Wildman–Crippen MR) is 115 cm³/mol. The highest BCUT2D eigenvalue weighted by Crippen LogP contribution is 2.32. The van der Waals surface area contributed by atoms with E-state index in [1.165, 1.54) is 11.8 Å². The molecule has 0 aliphatic carbocycles. The van der Waals surface area contributed by atoms with E-state index >= 15 is 0 Å². The van der Waals surface area contributed by atoms with Crippen molar-refractivity contribution in [3.05, 3.63) is 62.5 Å². The molecule has 2 aromatic carbocycles. The first kappa shape index (κ1) is 20.0. The van der Waals surface area contributed by atoms with Gasteiger partial charge in [0, 0.05) is 0 Å². The molecule has 0 radical (unpaired) electrons. The number of carbonyl (C=O) groups is 1. The molecule has 0 spiro atoms. The normalized spacial score (nSPS) is 15.1. The highest BCUT2D eigenvalue weighted by molar-refractivity contribution is 8.26. The van der Waals surface area contributed by atoms with Crippen molar-refractivity contribution in [3.8, 4) is 11.5 Å². The van der Waals surface area contributed by atoms with Crippen LogP contribution >= 0.6 is 47.2 Å². The van der Waals surface area contributed by atoms with Crippen LogP contribution in [0.25, 0.3) is 6.08 Å². The second-order valence-electron chi connectivity index (χ2n) is 5.53. The van der Waals surface area contributed by atoms with Crippen LogP contribution in [0.5, 0.6) is 11.5 Å². The largest absolute Gasteiger partial charge is 0.490 e. The molecule has 1 N–H and O–H groups in total. The van der Waals surface area contributed by atoms with Gasteiger partial charge in [0.15, 0.2) is 11.5 Å². The molecule has 27 heavy (non-hydrogen) atoms. The number of ether oxygens (including phenoxy) is 2. The summed E-state index contributed by atoms with van der Waals surface area (Å²) in [5, 5.41) is 3.58. The first-order valence-electron chi connectivity index (χ1n) is 8.04. The summed E-state index contributed by atoms with van der Waals surface area (Å²) in [7, 11) is 0. The van der Waals surface area contributed by atoms with Crippen molar-refractivity contribution in [2.75, 3.05) is 6.61 Å². The monoisotopic (exact) mass is 439 g/mol. The number of nitrogens with one attached hydrogen (secondary N) is 1. The smallest absolute Gasteiger partial charge is 0.263 e. The van der Waals surface area contributed by atoms with E-state index < -0.39 is 0 Å². The van der Waals surface area contributed by atoms with Gasteiger partial charge in [-0.25, -0.2) is 0 Å². The molecule has 2 aromatic rings. The van der Waals surface area contributed by atoms with Crippen LogP contribution in [-0.4, -0.2) is 16.8 Å². The number of hydrogen-bond donors (Lipinski definition) is 1. The third-order valence-corrected chi connectivity index (χ3v) is 5.49. The van der Waals surface area contributed by atoms with Crippen molar-refractivity contribution in [3.63, 3.8) is 0 Å². The molecule has 1 aliphatic rings. The molecule has 1 aliphatic heterocycles. The third-order valence-electron chi connectivity index (χ3n) is 3.59. The Kier molecular flexibility index (Phi) is 6.65. The van der Waals surface area contributed by atoms with Crippen LogP contribution in [-0.2, 0) is 11.4 Å². The van der Waals surface area contributed by atoms with Gasteiger partial charge in [-0.05, 0) is 48.4 Å². The molecule has 4 nitrogen and oxygen atoms in total. The second-order valence-corrected chi connectivity index (χ2v) is 8.06. The van der Waals surface area contributed by atoms with Gasteiger partial charge in [0.25, 0.3) is 5.91 Å². The number of benzene rings is 2. The number of thioether (sulfide) groups is 1. The molecule has 3 rings (SSSR count). The summed E-state index contributed by atoms with van der Waals surface area (Å²) in [5.74, 6) is 1.00. The number of rotatable bonds is 6. The van der Waals surface area contributed by atoms with Crippen LogP contribution in [0.3, 0.4) is 0 Å². The molecule has 0 atom stereocenters. The van der Waals surface area contributed by atoms with Gasteiger partial charge in [-0.15, -0.1) is 0 Å². The standard InChI is InChI=1S/C19H15Cl2NO3S2/c1-2-24-16-8-11(9-17-18(23)22-19(26)27-17)4-6-15(16)25-10-12-3-5-13(20)14(21)7-12/h3-9H,2,10H2,1H3,(H,22,23,26). The van der Waals surface area contributed by atoms with E-state index in [1.54, 1.807) is 18.2 Å². The number of thiocarbonyl (C=S) groups is 1. The van der Waals surface area contributed by atoms with Gasteiger partial charge in [-0.1, -0.05) is 59.3 Å². The maximum absolute atomic E-state index is 11.8. The Labute approximate surface area is 176 Å². The van der Waals surface area contributed by atoms with Gasteiger partial charge in [0.2, 0.25) is 0 Å². The predicted octanol–water partition coefficient (Wildman–Crippen LogP) is 5.46. The lowest BCUT2D eigenvalue weighted by Crippen LogP contribution is -2.17. The zero-order valence-corrected chi connectivity index (χ0v) is 17.4. The van der Waals surface area contributed by atoms with E-state index in [2.05, 4.69) is 5.32 Å². The number of halogens is 2. The first-order valence-corrected chi connectivity index (χ1v) is 10.0. The number of amides is 1.